The van der Waals surface area contributed by atoms with E-state index in [2.05, 4.69) is 5.10 Å². The molecule has 0 radical (unpaired) electrons. The Labute approximate surface area is 205 Å². The molecule has 9 nitrogen and oxygen atoms in total. The molecule has 0 saturated carbocycles. The highest BCUT2D eigenvalue weighted by Crippen LogP contribution is 2.26. The molecule has 35 heavy (non-hydrogen) atoms. The Kier molecular flexibility index (Phi) is 7.27. The summed E-state index contributed by atoms with van der Waals surface area (Å²) in [4.78, 5) is 38.3. The highest BCUT2D eigenvalue weighted by Gasteiger charge is 2.22. The van der Waals surface area contributed by atoms with Gasteiger partial charge in [0.15, 0.2) is 18.1 Å². The zero-order valence-corrected chi connectivity index (χ0v) is 19.2. The summed E-state index contributed by atoms with van der Waals surface area (Å²) in [7, 11) is 0. The zero-order valence-electron chi connectivity index (χ0n) is 18.5. The van der Waals surface area contributed by atoms with Gasteiger partial charge in [-0.3, -0.25) is 9.59 Å². The number of furan rings is 1. The molecule has 0 aliphatic carbocycles. The average Bonchev–Trinajstić information content (AvgIpc) is 3.53. The van der Waals surface area contributed by atoms with Gasteiger partial charge in [-0.1, -0.05) is 35.9 Å². The van der Waals surface area contributed by atoms with Crippen molar-refractivity contribution < 1.29 is 23.5 Å². The minimum Gasteiger partial charge on any atom is -0.463 e. The van der Waals surface area contributed by atoms with Gasteiger partial charge in [0.2, 0.25) is 5.91 Å². The minimum absolute atomic E-state index is 0.0208. The second-order valence-electron chi connectivity index (χ2n) is 7.46. The SMILES string of the molecule is NC(=O)CCN(C(=O)COC(=O)c1cc(-c2ccco2)n(-c2cccc(Cl)c2)n1)c1ccccc1. The molecule has 2 amide bonds. The molecular formula is C25H21ClN4O5. The number of nitrogens with zero attached hydrogens (tertiary/aromatic N) is 3. The Morgan fingerprint density at radius 3 is 2.51 bits per heavy atom. The number of anilines is 1. The van der Waals surface area contributed by atoms with Crippen molar-refractivity contribution in [2.45, 2.75) is 6.42 Å². The summed E-state index contributed by atoms with van der Waals surface area (Å²) in [5.74, 6) is -1.37. The van der Waals surface area contributed by atoms with Crippen LogP contribution < -0.4 is 10.6 Å². The van der Waals surface area contributed by atoms with E-state index in [1.165, 1.54) is 21.9 Å². The van der Waals surface area contributed by atoms with Crippen molar-refractivity contribution >= 4 is 35.1 Å². The molecule has 0 aliphatic heterocycles. The maximum absolute atomic E-state index is 12.9. The van der Waals surface area contributed by atoms with Gasteiger partial charge in [0.25, 0.3) is 5.91 Å². The lowest BCUT2D eigenvalue weighted by atomic mass is 10.2. The molecule has 2 N–H and O–H groups in total. The van der Waals surface area contributed by atoms with Crippen LogP contribution in [0.4, 0.5) is 5.69 Å². The summed E-state index contributed by atoms with van der Waals surface area (Å²) in [6.07, 6.45) is 1.47. The quantitative estimate of drug-likeness (QED) is 0.354. The number of halogens is 1. The lowest BCUT2D eigenvalue weighted by Crippen LogP contribution is -2.37. The lowest BCUT2D eigenvalue weighted by molar-refractivity contribution is -0.121. The monoisotopic (exact) mass is 492 g/mol. The Hall–Kier alpha value is -4.37. The molecule has 0 aliphatic rings. The molecule has 0 bridgehead atoms. The first-order valence-electron chi connectivity index (χ1n) is 10.6. The molecular weight excluding hydrogens is 472 g/mol. The van der Waals surface area contributed by atoms with Crippen LogP contribution >= 0.6 is 11.6 Å². The van der Waals surface area contributed by atoms with Gasteiger partial charge in [-0.15, -0.1) is 0 Å². The Morgan fingerprint density at radius 1 is 1.03 bits per heavy atom. The van der Waals surface area contributed by atoms with E-state index in [0.717, 1.165) is 0 Å². The van der Waals surface area contributed by atoms with Crippen LogP contribution in [0.25, 0.3) is 17.1 Å². The first-order valence-corrected chi connectivity index (χ1v) is 11.0. The highest BCUT2D eigenvalue weighted by atomic mass is 35.5. The van der Waals surface area contributed by atoms with Crippen LogP contribution in [0.3, 0.4) is 0 Å². The number of hydrogen-bond donors (Lipinski definition) is 1. The van der Waals surface area contributed by atoms with Crippen molar-refractivity contribution in [1.29, 1.82) is 0 Å². The van der Waals surface area contributed by atoms with E-state index in [1.54, 1.807) is 66.7 Å². The van der Waals surface area contributed by atoms with Gasteiger partial charge in [0.1, 0.15) is 5.69 Å². The molecule has 178 valence electrons. The molecule has 2 aromatic carbocycles. The Bertz CT molecular complexity index is 1340. The third-order valence-corrected chi connectivity index (χ3v) is 5.26. The van der Waals surface area contributed by atoms with E-state index < -0.39 is 24.4 Å². The van der Waals surface area contributed by atoms with Crippen molar-refractivity contribution in [3.05, 3.63) is 89.8 Å². The number of hydrogen-bond acceptors (Lipinski definition) is 6. The third-order valence-electron chi connectivity index (χ3n) is 5.02. The van der Waals surface area contributed by atoms with Crippen molar-refractivity contribution in [3.63, 3.8) is 0 Å². The van der Waals surface area contributed by atoms with E-state index in [1.807, 2.05) is 0 Å². The van der Waals surface area contributed by atoms with Crippen LogP contribution in [0.2, 0.25) is 5.02 Å². The topological polar surface area (TPSA) is 121 Å². The molecule has 0 saturated heterocycles. The summed E-state index contributed by atoms with van der Waals surface area (Å²) in [5, 5.41) is 4.85. The van der Waals surface area contributed by atoms with Crippen molar-refractivity contribution in [2.75, 3.05) is 18.1 Å². The number of primary amides is 1. The van der Waals surface area contributed by atoms with Gasteiger partial charge in [-0.2, -0.15) is 5.10 Å². The fourth-order valence-electron chi connectivity index (χ4n) is 3.39. The predicted molar refractivity (Wildman–Crippen MR) is 129 cm³/mol. The number of esters is 1. The number of para-hydroxylation sites is 1. The normalized spacial score (nSPS) is 10.7. The molecule has 10 heteroatoms. The van der Waals surface area contributed by atoms with Crippen LogP contribution in [0.1, 0.15) is 16.9 Å². The zero-order chi connectivity index (χ0) is 24.8. The molecule has 0 atom stereocenters. The molecule has 0 spiro atoms. The number of benzene rings is 2. The number of nitrogens with two attached hydrogens (primary N) is 1. The first kappa shape index (κ1) is 23.8. The largest absolute Gasteiger partial charge is 0.463 e. The van der Waals surface area contributed by atoms with Crippen LogP contribution in [0.15, 0.2) is 83.5 Å². The maximum Gasteiger partial charge on any atom is 0.359 e. The number of amides is 2. The lowest BCUT2D eigenvalue weighted by Gasteiger charge is -2.22. The van der Waals surface area contributed by atoms with Crippen molar-refractivity contribution in [2.24, 2.45) is 5.73 Å². The predicted octanol–water partition coefficient (Wildman–Crippen LogP) is 3.85. The number of carbonyl (C=O) groups excluding carboxylic acids is 3. The van der Waals surface area contributed by atoms with E-state index >= 15 is 0 Å². The molecule has 2 aromatic heterocycles. The Morgan fingerprint density at radius 2 is 1.83 bits per heavy atom. The van der Waals surface area contributed by atoms with E-state index in [-0.39, 0.29) is 18.7 Å². The molecule has 2 heterocycles. The molecule has 0 unspecified atom stereocenters. The summed E-state index contributed by atoms with van der Waals surface area (Å²) >= 11 is 6.12. The average molecular weight is 493 g/mol. The van der Waals surface area contributed by atoms with E-state index in [0.29, 0.717) is 27.9 Å². The third kappa shape index (κ3) is 5.77. The van der Waals surface area contributed by atoms with Gasteiger partial charge in [0.05, 0.1) is 12.0 Å². The van der Waals surface area contributed by atoms with E-state index in [4.69, 9.17) is 26.5 Å². The maximum atomic E-state index is 12.9. The first-order chi connectivity index (χ1) is 16.9. The fourth-order valence-corrected chi connectivity index (χ4v) is 3.58. The van der Waals surface area contributed by atoms with Gasteiger partial charge in [0, 0.05) is 29.7 Å². The van der Waals surface area contributed by atoms with Crippen LogP contribution in [0.5, 0.6) is 0 Å². The Balaban J connectivity index is 1.54. The number of carbonyl (C=O) groups is 3. The van der Waals surface area contributed by atoms with Crippen LogP contribution in [-0.2, 0) is 14.3 Å². The van der Waals surface area contributed by atoms with Gasteiger partial charge >= 0.3 is 5.97 Å². The smallest absolute Gasteiger partial charge is 0.359 e. The second-order valence-corrected chi connectivity index (χ2v) is 7.89. The van der Waals surface area contributed by atoms with E-state index in [9.17, 15) is 14.4 Å². The summed E-state index contributed by atoms with van der Waals surface area (Å²) < 4.78 is 12.3. The molecule has 0 fully saturated rings. The molecule has 4 rings (SSSR count). The molecule has 4 aromatic rings. The number of rotatable bonds is 9. The number of ether oxygens (including phenoxy) is 1. The van der Waals surface area contributed by atoms with Crippen molar-refractivity contribution in [1.82, 2.24) is 9.78 Å². The minimum atomic E-state index is -0.796. The number of aromatic nitrogens is 2. The van der Waals surface area contributed by atoms with Gasteiger partial charge < -0.3 is 19.8 Å². The standard InChI is InChI=1S/C25H21ClN4O5/c26-17-6-4-9-19(14-17)30-21(22-10-5-13-34-22)15-20(28-30)25(33)35-16-24(32)29(12-11-23(27)31)18-7-2-1-3-8-18/h1-10,13-15H,11-12,16H2,(H2,27,31). The summed E-state index contributed by atoms with van der Waals surface area (Å²) in [5.41, 5.74) is 6.89. The van der Waals surface area contributed by atoms with Crippen molar-refractivity contribution in [3.8, 4) is 17.1 Å². The van der Waals surface area contributed by atoms with Gasteiger partial charge in [-0.05, 0) is 42.5 Å². The van der Waals surface area contributed by atoms with Crippen LogP contribution in [-0.4, -0.2) is 40.7 Å². The summed E-state index contributed by atoms with van der Waals surface area (Å²) in [6.45, 7) is -0.492. The summed E-state index contributed by atoms with van der Waals surface area (Å²) in [6, 6.07) is 20.6. The highest BCUT2D eigenvalue weighted by molar-refractivity contribution is 6.30. The van der Waals surface area contributed by atoms with Crippen LogP contribution in [0, 0.1) is 0 Å². The second kappa shape index (κ2) is 10.7. The fraction of sp³-hybridized carbons (Fsp3) is 0.120. The van der Waals surface area contributed by atoms with Gasteiger partial charge in [-0.25, -0.2) is 9.48 Å².